The van der Waals surface area contributed by atoms with Crippen molar-refractivity contribution in [3.8, 4) is 0 Å². The average Bonchev–Trinajstić information content (AvgIpc) is 2.37. The van der Waals surface area contributed by atoms with E-state index in [1.165, 1.54) is 24.3 Å². The Morgan fingerprint density at radius 2 is 1.40 bits per heavy atom. The number of rotatable bonds is 4. The molecule has 0 bridgehead atoms. The Morgan fingerprint density at radius 3 is 1.95 bits per heavy atom. The predicted molar refractivity (Wildman–Crippen MR) is 66.8 cm³/mol. The lowest BCUT2D eigenvalue weighted by atomic mass is 10.2. The zero-order valence-electron chi connectivity index (χ0n) is 10.1. The van der Waals surface area contributed by atoms with Gasteiger partial charge >= 0.3 is 0 Å². The summed E-state index contributed by atoms with van der Waals surface area (Å²) in [5.41, 5.74) is 0.520. The molecule has 1 N–H and O–H groups in total. The third-order valence-electron chi connectivity index (χ3n) is 2.53. The van der Waals surface area contributed by atoms with Crippen molar-refractivity contribution in [2.45, 2.75) is 11.4 Å². The van der Waals surface area contributed by atoms with Crippen LogP contribution >= 0.6 is 0 Å². The molecule has 0 saturated carbocycles. The van der Waals surface area contributed by atoms with Crippen LogP contribution in [0.2, 0.25) is 0 Å². The Hall–Kier alpha value is -1.86. The predicted octanol–water partition coefficient (Wildman–Crippen LogP) is 2.58. The number of benzene rings is 2. The fraction of sp³-hybridized carbons (Fsp3) is 0.0769. The van der Waals surface area contributed by atoms with Crippen molar-refractivity contribution in [3.05, 3.63) is 65.5 Å². The lowest BCUT2D eigenvalue weighted by Crippen LogP contribution is -2.23. The molecule has 2 aromatic carbocycles. The van der Waals surface area contributed by atoms with Gasteiger partial charge in [-0.3, -0.25) is 0 Å². The van der Waals surface area contributed by atoms with Crippen LogP contribution in [0.15, 0.2) is 47.4 Å². The highest BCUT2D eigenvalue weighted by Gasteiger charge is 2.16. The van der Waals surface area contributed by atoms with E-state index >= 15 is 0 Å². The molecule has 20 heavy (non-hydrogen) atoms. The second-order valence-corrected chi connectivity index (χ2v) is 5.82. The molecule has 0 fully saturated rings. The van der Waals surface area contributed by atoms with E-state index in [1.807, 2.05) is 0 Å². The van der Waals surface area contributed by atoms with Crippen molar-refractivity contribution >= 4 is 10.0 Å². The molecule has 2 aromatic rings. The first-order valence-electron chi connectivity index (χ1n) is 5.57. The Morgan fingerprint density at radius 1 is 0.850 bits per heavy atom. The van der Waals surface area contributed by atoms with Gasteiger partial charge in [0.05, 0.1) is 4.90 Å². The largest absolute Gasteiger partial charge is 0.241 e. The first-order chi connectivity index (χ1) is 9.37. The summed E-state index contributed by atoms with van der Waals surface area (Å²) in [6.07, 6.45) is 0. The van der Waals surface area contributed by atoms with E-state index in [0.29, 0.717) is 11.6 Å². The van der Waals surface area contributed by atoms with Gasteiger partial charge in [-0.1, -0.05) is 12.1 Å². The van der Waals surface area contributed by atoms with Crippen LogP contribution in [0.5, 0.6) is 0 Å². The van der Waals surface area contributed by atoms with Gasteiger partial charge in [-0.2, -0.15) is 0 Å². The molecule has 3 nitrogen and oxygen atoms in total. The Kier molecular flexibility index (Phi) is 4.10. The van der Waals surface area contributed by atoms with Crippen LogP contribution in [0.1, 0.15) is 5.56 Å². The van der Waals surface area contributed by atoms with E-state index in [4.69, 9.17) is 0 Å². The third-order valence-corrected chi connectivity index (χ3v) is 3.91. The first kappa shape index (κ1) is 14.5. The van der Waals surface area contributed by atoms with Crippen LogP contribution in [-0.4, -0.2) is 8.42 Å². The standard InChI is InChI=1S/C13H10F3NO2S/c14-10-3-1-9(2-4-10)8-17-20(18,19)13-6-11(15)5-12(16)7-13/h1-7,17H,8H2. The molecule has 0 amide bonds. The third kappa shape index (κ3) is 3.58. The van der Waals surface area contributed by atoms with Gasteiger partial charge in [0.1, 0.15) is 17.5 Å². The Balaban J connectivity index is 2.16. The summed E-state index contributed by atoms with van der Waals surface area (Å²) in [6, 6.07) is 7.20. The number of hydrogen-bond acceptors (Lipinski definition) is 2. The molecule has 0 aliphatic rings. The zero-order chi connectivity index (χ0) is 14.8. The van der Waals surface area contributed by atoms with Gasteiger partial charge < -0.3 is 0 Å². The van der Waals surface area contributed by atoms with Crippen LogP contribution in [-0.2, 0) is 16.6 Å². The Labute approximate surface area is 114 Å². The summed E-state index contributed by atoms with van der Waals surface area (Å²) >= 11 is 0. The van der Waals surface area contributed by atoms with Crippen molar-refractivity contribution in [3.63, 3.8) is 0 Å². The zero-order valence-corrected chi connectivity index (χ0v) is 10.9. The fourth-order valence-electron chi connectivity index (χ4n) is 1.55. The number of hydrogen-bond donors (Lipinski definition) is 1. The fourth-order valence-corrected chi connectivity index (χ4v) is 2.61. The summed E-state index contributed by atoms with van der Waals surface area (Å²) in [5, 5.41) is 0. The molecule has 0 aliphatic carbocycles. The van der Waals surface area contributed by atoms with E-state index in [-0.39, 0.29) is 6.54 Å². The minimum Gasteiger partial charge on any atom is -0.207 e. The van der Waals surface area contributed by atoms with Crippen molar-refractivity contribution in [1.29, 1.82) is 0 Å². The number of halogens is 3. The van der Waals surface area contributed by atoms with E-state index in [0.717, 1.165) is 12.1 Å². The van der Waals surface area contributed by atoms with E-state index in [1.54, 1.807) is 0 Å². The summed E-state index contributed by atoms with van der Waals surface area (Å²) in [6.45, 7) is -0.110. The minimum atomic E-state index is -4.04. The second kappa shape index (κ2) is 5.64. The molecule has 0 saturated heterocycles. The molecule has 7 heteroatoms. The average molecular weight is 301 g/mol. The van der Waals surface area contributed by atoms with Crippen LogP contribution in [0.3, 0.4) is 0 Å². The molecule has 0 spiro atoms. The highest BCUT2D eigenvalue weighted by atomic mass is 32.2. The highest BCUT2D eigenvalue weighted by molar-refractivity contribution is 7.89. The van der Waals surface area contributed by atoms with E-state index in [9.17, 15) is 21.6 Å². The molecule has 0 aliphatic heterocycles. The topological polar surface area (TPSA) is 46.2 Å². The van der Waals surface area contributed by atoms with Gasteiger partial charge in [0.15, 0.2) is 0 Å². The van der Waals surface area contributed by atoms with Crippen molar-refractivity contribution in [1.82, 2.24) is 4.72 Å². The van der Waals surface area contributed by atoms with Crippen LogP contribution < -0.4 is 4.72 Å². The molecule has 0 atom stereocenters. The molecule has 0 unspecified atom stereocenters. The summed E-state index contributed by atoms with van der Waals surface area (Å²) < 4.78 is 64.6. The smallest absolute Gasteiger partial charge is 0.207 e. The van der Waals surface area contributed by atoms with Crippen molar-refractivity contribution in [2.75, 3.05) is 0 Å². The van der Waals surface area contributed by atoms with Gasteiger partial charge in [0.2, 0.25) is 10.0 Å². The normalized spacial score (nSPS) is 11.6. The Bertz CT molecular complexity index is 695. The summed E-state index contributed by atoms with van der Waals surface area (Å²) in [7, 11) is -4.04. The molecule has 0 radical (unpaired) electrons. The maximum absolute atomic E-state index is 13.0. The summed E-state index contributed by atoms with van der Waals surface area (Å²) in [5.74, 6) is -2.40. The van der Waals surface area contributed by atoms with Gasteiger partial charge in [0, 0.05) is 12.6 Å². The molecule has 0 heterocycles. The van der Waals surface area contributed by atoms with Gasteiger partial charge in [-0.05, 0) is 29.8 Å². The maximum atomic E-state index is 13.0. The highest BCUT2D eigenvalue weighted by Crippen LogP contribution is 2.14. The lowest BCUT2D eigenvalue weighted by molar-refractivity contribution is 0.561. The maximum Gasteiger partial charge on any atom is 0.241 e. The van der Waals surface area contributed by atoms with Crippen LogP contribution in [0.25, 0.3) is 0 Å². The second-order valence-electron chi connectivity index (χ2n) is 4.06. The molecule has 0 aromatic heterocycles. The van der Waals surface area contributed by atoms with Gasteiger partial charge in [-0.15, -0.1) is 0 Å². The number of nitrogens with one attached hydrogen (secondary N) is 1. The molecule has 2 rings (SSSR count). The number of sulfonamides is 1. The minimum absolute atomic E-state index is 0.110. The molecule has 106 valence electrons. The van der Waals surface area contributed by atoms with Gasteiger partial charge in [0.25, 0.3) is 0 Å². The quantitative estimate of drug-likeness (QED) is 0.943. The van der Waals surface area contributed by atoms with E-state index in [2.05, 4.69) is 4.72 Å². The van der Waals surface area contributed by atoms with Crippen LogP contribution in [0, 0.1) is 17.5 Å². The van der Waals surface area contributed by atoms with Crippen LogP contribution in [0.4, 0.5) is 13.2 Å². The summed E-state index contributed by atoms with van der Waals surface area (Å²) in [4.78, 5) is -0.503. The lowest BCUT2D eigenvalue weighted by Gasteiger charge is -2.07. The first-order valence-corrected chi connectivity index (χ1v) is 7.05. The van der Waals surface area contributed by atoms with Crippen molar-refractivity contribution in [2.24, 2.45) is 0 Å². The SMILES string of the molecule is O=S(=O)(NCc1ccc(F)cc1)c1cc(F)cc(F)c1. The van der Waals surface area contributed by atoms with E-state index < -0.39 is 32.4 Å². The van der Waals surface area contributed by atoms with Gasteiger partial charge in [-0.25, -0.2) is 26.3 Å². The molecular weight excluding hydrogens is 291 g/mol. The van der Waals surface area contributed by atoms with Crippen molar-refractivity contribution < 1.29 is 21.6 Å². The monoisotopic (exact) mass is 301 g/mol. The molecular formula is C13H10F3NO2S.